The Morgan fingerprint density at radius 1 is 0.967 bits per heavy atom. The van der Waals surface area contributed by atoms with Gasteiger partial charge in [0.25, 0.3) is 17.7 Å². The second-order valence-electron chi connectivity index (χ2n) is 5.73. The zero-order chi connectivity index (χ0) is 21.9. The molecule has 2 N–H and O–H groups in total. The van der Waals surface area contributed by atoms with Crippen molar-refractivity contribution in [2.45, 2.75) is 13.8 Å². The first-order chi connectivity index (χ1) is 14.4. The van der Waals surface area contributed by atoms with Crippen molar-refractivity contribution < 1.29 is 33.4 Å². The number of rotatable bonds is 10. The summed E-state index contributed by atoms with van der Waals surface area (Å²) in [7, 11) is 0. The fourth-order valence-electron chi connectivity index (χ4n) is 2.28. The molecule has 9 nitrogen and oxygen atoms in total. The van der Waals surface area contributed by atoms with Crippen LogP contribution in [0.4, 0.5) is 0 Å². The van der Waals surface area contributed by atoms with Gasteiger partial charge in [0, 0.05) is 5.56 Å². The van der Waals surface area contributed by atoms with Gasteiger partial charge in [-0.15, -0.1) is 11.3 Å². The fraction of sp³-hybridized carbons (Fsp3) is 0.300. The van der Waals surface area contributed by atoms with Gasteiger partial charge in [0.2, 0.25) is 0 Å². The molecule has 0 aliphatic carbocycles. The summed E-state index contributed by atoms with van der Waals surface area (Å²) in [5.74, 6) is -1.74. The summed E-state index contributed by atoms with van der Waals surface area (Å²) in [5, 5.41) is 6.20. The summed E-state index contributed by atoms with van der Waals surface area (Å²) in [6.07, 6.45) is 0. The van der Waals surface area contributed by atoms with Crippen molar-refractivity contribution in [2.75, 3.05) is 26.4 Å². The van der Waals surface area contributed by atoms with Gasteiger partial charge in [-0.3, -0.25) is 24.5 Å². The zero-order valence-corrected chi connectivity index (χ0v) is 17.4. The molecular formula is C20H22N2O7S. The van der Waals surface area contributed by atoms with Gasteiger partial charge >= 0.3 is 5.97 Å². The van der Waals surface area contributed by atoms with Gasteiger partial charge in [-0.25, -0.2) is 0 Å². The van der Waals surface area contributed by atoms with Gasteiger partial charge in [0.15, 0.2) is 18.1 Å². The molecule has 1 aromatic heterocycles. The van der Waals surface area contributed by atoms with E-state index in [2.05, 4.69) is 10.6 Å². The van der Waals surface area contributed by atoms with Crippen molar-refractivity contribution >= 4 is 35.0 Å². The highest BCUT2D eigenvalue weighted by Crippen LogP contribution is 2.28. The molecule has 0 atom stereocenters. The second kappa shape index (κ2) is 11.6. The molecule has 0 radical (unpaired) electrons. The number of hydrogen-bond donors (Lipinski definition) is 2. The molecule has 0 saturated heterocycles. The molecule has 3 amide bonds. The van der Waals surface area contributed by atoms with E-state index in [9.17, 15) is 19.2 Å². The largest absolute Gasteiger partial charge is 0.490 e. The average molecular weight is 434 g/mol. The van der Waals surface area contributed by atoms with E-state index < -0.39 is 36.8 Å². The number of hydrogen-bond acceptors (Lipinski definition) is 8. The minimum absolute atomic E-state index is 0.272. The minimum Gasteiger partial charge on any atom is -0.490 e. The maximum atomic E-state index is 12.3. The number of benzene rings is 1. The highest BCUT2D eigenvalue weighted by atomic mass is 32.1. The molecular weight excluding hydrogens is 412 g/mol. The van der Waals surface area contributed by atoms with Gasteiger partial charge in [0.1, 0.15) is 6.54 Å². The Bertz CT molecular complexity index is 897. The summed E-state index contributed by atoms with van der Waals surface area (Å²) < 4.78 is 15.7. The number of carbonyl (C=O) groups excluding carboxylic acids is 4. The number of amides is 3. The number of nitrogens with one attached hydrogen (secondary N) is 2. The third kappa shape index (κ3) is 6.89. The van der Waals surface area contributed by atoms with E-state index in [1.807, 2.05) is 13.8 Å². The lowest BCUT2D eigenvalue weighted by molar-refractivity contribution is -0.147. The summed E-state index contributed by atoms with van der Waals surface area (Å²) in [6.45, 7) is 3.41. The van der Waals surface area contributed by atoms with Crippen LogP contribution in [0.3, 0.4) is 0 Å². The normalized spacial score (nSPS) is 10.1. The van der Waals surface area contributed by atoms with Crippen LogP contribution >= 0.6 is 11.3 Å². The van der Waals surface area contributed by atoms with Crippen molar-refractivity contribution in [1.82, 2.24) is 10.6 Å². The SMILES string of the molecule is CCOc1ccc(C(=O)NCC(=O)OCC(=O)NC(=O)c2cccs2)cc1OCC. The summed E-state index contributed by atoms with van der Waals surface area (Å²) in [6, 6.07) is 7.90. The molecule has 0 bridgehead atoms. The molecule has 2 rings (SSSR count). The lowest BCUT2D eigenvalue weighted by Gasteiger charge is -2.12. The first-order valence-electron chi connectivity index (χ1n) is 9.15. The topological polar surface area (TPSA) is 120 Å². The Morgan fingerprint density at radius 3 is 2.37 bits per heavy atom. The number of carbonyl (C=O) groups is 4. The summed E-state index contributed by atoms with van der Waals surface area (Å²) in [5.41, 5.74) is 0.272. The predicted molar refractivity (Wildman–Crippen MR) is 109 cm³/mol. The van der Waals surface area contributed by atoms with Gasteiger partial charge in [0.05, 0.1) is 18.1 Å². The van der Waals surface area contributed by atoms with E-state index in [-0.39, 0.29) is 5.56 Å². The average Bonchev–Trinajstić information content (AvgIpc) is 3.27. The van der Waals surface area contributed by atoms with Gasteiger partial charge in [-0.1, -0.05) is 6.07 Å². The van der Waals surface area contributed by atoms with Crippen LogP contribution in [0.5, 0.6) is 11.5 Å². The highest BCUT2D eigenvalue weighted by molar-refractivity contribution is 7.12. The van der Waals surface area contributed by atoms with Gasteiger partial charge in [-0.2, -0.15) is 0 Å². The molecule has 0 aliphatic heterocycles. The lowest BCUT2D eigenvalue weighted by Crippen LogP contribution is -2.36. The maximum Gasteiger partial charge on any atom is 0.325 e. The third-order valence-electron chi connectivity index (χ3n) is 3.56. The number of thiophene rings is 1. The Kier molecular flexibility index (Phi) is 8.82. The van der Waals surface area contributed by atoms with Crippen LogP contribution in [-0.4, -0.2) is 50.1 Å². The molecule has 2 aromatic rings. The molecule has 1 aromatic carbocycles. The molecule has 0 spiro atoms. The lowest BCUT2D eigenvalue weighted by atomic mass is 10.2. The first-order valence-corrected chi connectivity index (χ1v) is 10.0. The highest BCUT2D eigenvalue weighted by Gasteiger charge is 2.15. The molecule has 0 fully saturated rings. The van der Waals surface area contributed by atoms with Crippen LogP contribution in [0.25, 0.3) is 0 Å². The standard InChI is InChI=1S/C20H22N2O7S/c1-3-27-14-8-7-13(10-15(14)28-4-2)19(25)21-11-18(24)29-12-17(23)22-20(26)16-6-5-9-30-16/h5-10H,3-4,11-12H2,1-2H3,(H,21,25)(H,22,23,26). The molecule has 1 heterocycles. The minimum atomic E-state index is -0.821. The van der Waals surface area contributed by atoms with E-state index in [1.165, 1.54) is 23.5 Å². The monoisotopic (exact) mass is 434 g/mol. The Labute approximate surface area is 177 Å². The molecule has 0 unspecified atom stereocenters. The van der Waals surface area contributed by atoms with E-state index in [0.29, 0.717) is 29.6 Å². The maximum absolute atomic E-state index is 12.3. The Balaban J connectivity index is 1.79. The molecule has 0 aliphatic rings. The zero-order valence-electron chi connectivity index (χ0n) is 16.6. The quantitative estimate of drug-likeness (QED) is 0.547. The van der Waals surface area contributed by atoms with Crippen LogP contribution in [0, 0.1) is 0 Å². The number of ether oxygens (including phenoxy) is 3. The second-order valence-corrected chi connectivity index (χ2v) is 6.67. The Morgan fingerprint density at radius 2 is 1.70 bits per heavy atom. The van der Waals surface area contributed by atoms with Crippen LogP contribution in [-0.2, 0) is 14.3 Å². The smallest absolute Gasteiger partial charge is 0.325 e. The predicted octanol–water partition coefficient (Wildman–Crippen LogP) is 1.78. The van der Waals surface area contributed by atoms with Crippen LogP contribution < -0.4 is 20.1 Å². The van der Waals surface area contributed by atoms with Crippen LogP contribution in [0.2, 0.25) is 0 Å². The van der Waals surface area contributed by atoms with E-state index in [0.717, 1.165) is 0 Å². The third-order valence-corrected chi connectivity index (χ3v) is 4.43. The van der Waals surface area contributed by atoms with Crippen molar-refractivity contribution in [3.63, 3.8) is 0 Å². The van der Waals surface area contributed by atoms with Crippen LogP contribution in [0.1, 0.15) is 33.9 Å². The fourth-order valence-corrected chi connectivity index (χ4v) is 2.89. The Hall–Kier alpha value is -3.40. The molecule has 160 valence electrons. The molecule has 30 heavy (non-hydrogen) atoms. The van der Waals surface area contributed by atoms with Crippen molar-refractivity contribution in [3.05, 3.63) is 46.2 Å². The molecule has 10 heteroatoms. The van der Waals surface area contributed by atoms with Crippen molar-refractivity contribution in [3.8, 4) is 11.5 Å². The van der Waals surface area contributed by atoms with E-state index in [4.69, 9.17) is 14.2 Å². The number of esters is 1. The van der Waals surface area contributed by atoms with E-state index >= 15 is 0 Å². The number of imide groups is 1. The van der Waals surface area contributed by atoms with Gasteiger partial charge < -0.3 is 19.5 Å². The molecule has 0 saturated carbocycles. The summed E-state index contributed by atoms with van der Waals surface area (Å²) >= 11 is 1.18. The van der Waals surface area contributed by atoms with E-state index in [1.54, 1.807) is 23.6 Å². The van der Waals surface area contributed by atoms with Crippen molar-refractivity contribution in [2.24, 2.45) is 0 Å². The van der Waals surface area contributed by atoms with Crippen molar-refractivity contribution in [1.29, 1.82) is 0 Å². The first kappa shape index (κ1) is 22.9. The summed E-state index contributed by atoms with van der Waals surface area (Å²) in [4.78, 5) is 47.8. The van der Waals surface area contributed by atoms with Crippen LogP contribution in [0.15, 0.2) is 35.7 Å². The van der Waals surface area contributed by atoms with Gasteiger partial charge in [-0.05, 0) is 43.5 Å².